The molecule has 0 amide bonds. The van der Waals surface area contributed by atoms with E-state index in [4.69, 9.17) is 6.42 Å². The molecule has 0 aliphatic rings. The summed E-state index contributed by atoms with van der Waals surface area (Å²) in [6.07, 6.45) is 5.21. The lowest BCUT2D eigenvalue weighted by Crippen LogP contribution is -2.13. The van der Waals surface area contributed by atoms with Gasteiger partial charge in [0.05, 0.1) is 4.92 Å². The van der Waals surface area contributed by atoms with E-state index < -0.39 is 0 Å². The first-order valence-corrected chi connectivity index (χ1v) is 4.62. The summed E-state index contributed by atoms with van der Waals surface area (Å²) in [5.74, 6) is 2.40. The molecule has 0 atom stereocenters. The van der Waals surface area contributed by atoms with Crippen LogP contribution >= 0.6 is 0 Å². The van der Waals surface area contributed by atoms with Crippen molar-refractivity contribution in [3.05, 3.63) is 39.4 Å². The van der Waals surface area contributed by atoms with Gasteiger partial charge in [-0.2, -0.15) is 0 Å². The molecule has 0 aliphatic heterocycles. The zero-order valence-corrected chi connectivity index (χ0v) is 9.07. The lowest BCUT2D eigenvalue weighted by Gasteiger charge is -2.18. The van der Waals surface area contributed by atoms with E-state index in [0.717, 1.165) is 0 Å². The van der Waals surface area contributed by atoms with Gasteiger partial charge >= 0.3 is 0 Å². The SMILES string of the molecule is C#Cc1ccc(C(C)(C)C)c([N+](=O)[O-])c1. The maximum atomic E-state index is 10.9. The van der Waals surface area contributed by atoms with Crippen LogP contribution in [0.5, 0.6) is 0 Å². The largest absolute Gasteiger partial charge is 0.274 e. The van der Waals surface area contributed by atoms with Gasteiger partial charge in [0.1, 0.15) is 0 Å². The maximum Gasteiger partial charge on any atom is 0.274 e. The third-order valence-electron chi connectivity index (χ3n) is 2.17. The van der Waals surface area contributed by atoms with Crippen LogP contribution in [-0.2, 0) is 5.41 Å². The topological polar surface area (TPSA) is 43.1 Å². The van der Waals surface area contributed by atoms with Gasteiger partial charge in [-0.3, -0.25) is 10.1 Å². The molecule has 1 rings (SSSR count). The molecular formula is C12H13NO2. The molecule has 0 heterocycles. The quantitative estimate of drug-likeness (QED) is 0.400. The van der Waals surface area contributed by atoms with Crippen molar-refractivity contribution in [2.75, 3.05) is 0 Å². The van der Waals surface area contributed by atoms with Crippen molar-refractivity contribution in [3.8, 4) is 12.3 Å². The number of rotatable bonds is 1. The van der Waals surface area contributed by atoms with Gasteiger partial charge < -0.3 is 0 Å². The highest BCUT2D eigenvalue weighted by molar-refractivity contribution is 5.50. The minimum absolute atomic E-state index is 0.0953. The van der Waals surface area contributed by atoms with Gasteiger partial charge in [-0.15, -0.1) is 6.42 Å². The fraction of sp³-hybridized carbons (Fsp3) is 0.333. The number of hydrogen-bond donors (Lipinski definition) is 0. The molecule has 0 aliphatic carbocycles. The molecule has 0 unspecified atom stereocenters. The second kappa shape index (κ2) is 3.74. The molecule has 3 nitrogen and oxygen atoms in total. The predicted molar refractivity (Wildman–Crippen MR) is 59.7 cm³/mol. The summed E-state index contributed by atoms with van der Waals surface area (Å²) < 4.78 is 0. The van der Waals surface area contributed by atoms with Crippen molar-refractivity contribution in [2.45, 2.75) is 26.2 Å². The van der Waals surface area contributed by atoms with Crippen molar-refractivity contribution in [2.24, 2.45) is 0 Å². The summed E-state index contributed by atoms with van der Waals surface area (Å²) in [5, 5.41) is 10.9. The molecule has 0 aromatic heterocycles. The summed E-state index contributed by atoms with van der Waals surface area (Å²) in [5.41, 5.74) is 1.08. The maximum absolute atomic E-state index is 10.9. The fourth-order valence-electron chi connectivity index (χ4n) is 1.41. The molecule has 0 spiro atoms. The van der Waals surface area contributed by atoms with Gasteiger partial charge in [0.2, 0.25) is 0 Å². The van der Waals surface area contributed by atoms with Crippen molar-refractivity contribution < 1.29 is 4.92 Å². The minimum Gasteiger partial charge on any atom is -0.258 e. The Bertz CT molecular complexity index is 436. The Morgan fingerprint density at radius 2 is 2.00 bits per heavy atom. The molecule has 0 radical (unpaired) electrons. The van der Waals surface area contributed by atoms with Crippen LogP contribution in [0.1, 0.15) is 31.9 Å². The van der Waals surface area contributed by atoms with E-state index in [2.05, 4.69) is 5.92 Å². The molecule has 0 bridgehead atoms. The summed E-state index contributed by atoms with van der Waals surface area (Å²) in [4.78, 5) is 10.5. The molecule has 0 fully saturated rings. The third kappa shape index (κ3) is 2.35. The molecule has 1 aromatic carbocycles. The van der Waals surface area contributed by atoms with Crippen molar-refractivity contribution in [1.29, 1.82) is 0 Å². The highest BCUT2D eigenvalue weighted by atomic mass is 16.6. The van der Waals surface area contributed by atoms with Crippen LogP contribution in [0.15, 0.2) is 18.2 Å². The van der Waals surface area contributed by atoms with Crippen LogP contribution in [0.4, 0.5) is 5.69 Å². The zero-order valence-electron chi connectivity index (χ0n) is 9.07. The Labute approximate surface area is 89.3 Å². The summed E-state index contributed by atoms with van der Waals surface area (Å²) in [6, 6.07) is 4.90. The van der Waals surface area contributed by atoms with Gasteiger partial charge in [-0.05, 0) is 11.5 Å². The average molecular weight is 203 g/mol. The van der Waals surface area contributed by atoms with E-state index >= 15 is 0 Å². The Kier molecular flexibility index (Phi) is 2.81. The van der Waals surface area contributed by atoms with E-state index in [1.165, 1.54) is 6.07 Å². The summed E-state index contributed by atoms with van der Waals surface area (Å²) >= 11 is 0. The van der Waals surface area contributed by atoms with E-state index in [9.17, 15) is 10.1 Å². The number of nitro groups is 1. The highest BCUT2D eigenvalue weighted by Gasteiger charge is 2.24. The van der Waals surface area contributed by atoms with Crippen LogP contribution < -0.4 is 0 Å². The van der Waals surface area contributed by atoms with Gasteiger partial charge in [-0.1, -0.05) is 32.8 Å². The third-order valence-corrected chi connectivity index (χ3v) is 2.17. The van der Waals surface area contributed by atoms with E-state index in [1.54, 1.807) is 12.1 Å². The minimum atomic E-state index is -0.387. The Morgan fingerprint density at radius 1 is 1.40 bits per heavy atom. The number of terminal acetylenes is 1. The van der Waals surface area contributed by atoms with Crippen molar-refractivity contribution in [1.82, 2.24) is 0 Å². The summed E-state index contributed by atoms with van der Waals surface area (Å²) in [7, 11) is 0. The van der Waals surface area contributed by atoms with Crippen LogP contribution in [0.2, 0.25) is 0 Å². The number of nitrogens with zero attached hydrogens (tertiary/aromatic N) is 1. The number of hydrogen-bond acceptors (Lipinski definition) is 2. The zero-order chi connectivity index (χ0) is 11.6. The monoisotopic (exact) mass is 203 g/mol. The average Bonchev–Trinajstić information content (AvgIpc) is 2.15. The summed E-state index contributed by atoms with van der Waals surface area (Å²) in [6.45, 7) is 5.81. The van der Waals surface area contributed by atoms with Crippen LogP contribution in [0.25, 0.3) is 0 Å². The molecule has 15 heavy (non-hydrogen) atoms. The molecule has 1 aromatic rings. The highest BCUT2D eigenvalue weighted by Crippen LogP contribution is 2.31. The lowest BCUT2D eigenvalue weighted by atomic mass is 9.85. The van der Waals surface area contributed by atoms with Crippen LogP contribution in [0, 0.1) is 22.5 Å². The molecule has 78 valence electrons. The van der Waals surface area contributed by atoms with Crippen LogP contribution in [0.3, 0.4) is 0 Å². The first-order valence-electron chi connectivity index (χ1n) is 4.62. The van der Waals surface area contributed by atoms with Crippen molar-refractivity contribution in [3.63, 3.8) is 0 Å². The number of nitro benzene ring substituents is 1. The second-order valence-electron chi connectivity index (χ2n) is 4.38. The first-order chi connectivity index (χ1) is 6.86. The van der Waals surface area contributed by atoms with Gasteiger partial charge in [0, 0.05) is 17.2 Å². The predicted octanol–water partition coefficient (Wildman–Crippen LogP) is 2.87. The normalized spacial score (nSPS) is 10.8. The molecular weight excluding hydrogens is 190 g/mol. The van der Waals surface area contributed by atoms with Gasteiger partial charge in [0.25, 0.3) is 5.69 Å². The molecule has 0 saturated carbocycles. The van der Waals surface area contributed by atoms with E-state index in [0.29, 0.717) is 11.1 Å². The Morgan fingerprint density at radius 3 is 2.40 bits per heavy atom. The van der Waals surface area contributed by atoms with Gasteiger partial charge in [-0.25, -0.2) is 0 Å². The van der Waals surface area contributed by atoms with E-state index in [1.807, 2.05) is 20.8 Å². The number of benzene rings is 1. The van der Waals surface area contributed by atoms with Crippen LogP contribution in [-0.4, -0.2) is 4.92 Å². The second-order valence-corrected chi connectivity index (χ2v) is 4.38. The van der Waals surface area contributed by atoms with Gasteiger partial charge in [0.15, 0.2) is 0 Å². The Hall–Kier alpha value is -1.82. The molecule has 3 heteroatoms. The Balaban J connectivity index is 3.42. The standard InChI is InChI=1S/C12H13NO2/c1-5-9-6-7-10(12(2,3)4)11(8-9)13(14)15/h1,6-8H,2-4H3. The first kappa shape index (κ1) is 11.3. The van der Waals surface area contributed by atoms with E-state index in [-0.39, 0.29) is 16.0 Å². The fourth-order valence-corrected chi connectivity index (χ4v) is 1.41. The molecule has 0 saturated heterocycles. The smallest absolute Gasteiger partial charge is 0.258 e. The molecule has 0 N–H and O–H groups in total. The lowest BCUT2D eigenvalue weighted by molar-refractivity contribution is -0.386. The van der Waals surface area contributed by atoms with Crippen molar-refractivity contribution >= 4 is 5.69 Å².